The molecule has 18 heavy (non-hydrogen) atoms. The van der Waals surface area contributed by atoms with Crippen LogP contribution in [-0.2, 0) is 6.18 Å². The molecule has 0 radical (unpaired) electrons. The van der Waals surface area contributed by atoms with E-state index < -0.39 is 11.7 Å². The first-order chi connectivity index (χ1) is 8.36. The fraction of sp³-hybridized carbons (Fsp3) is 0.500. The van der Waals surface area contributed by atoms with Gasteiger partial charge in [0.05, 0.1) is 5.56 Å². The summed E-state index contributed by atoms with van der Waals surface area (Å²) in [6, 6.07) is 3.91. The molecule has 1 aliphatic heterocycles. The van der Waals surface area contributed by atoms with E-state index in [9.17, 15) is 13.2 Å². The predicted octanol–water partition coefficient (Wildman–Crippen LogP) is 2.40. The number of nitrogens with one attached hydrogen (secondary N) is 1. The number of anilines is 2. The van der Waals surface area contributed by atoms with E-state index in [1.165, 1.54) is 12.1 Å². The highest BCUT2D eigenvalue weighted by atomic mass is 19.4. The lowest BCUT2D eigenvalue weighted by Gasteiger charge is -2.19. The average molecular weight is 259 g/mol. The van der Waals surface area contributed by atoms with Crippen LogP contribution in [0.3, 0.4) is 0 Å². The van der Waals surface area contributed by atoms with E-state index in [2.05, 4.69) is 10.2 Å². The van der Waals surface area contributed by atoms with Crippen molar-refractivity contribution in [2.24, 2.45) is 0 Å². The van der Waals surface area contributed by atoms with Crippen molar-refractivity contribution in [3.8, 4) is 0 Å². The van der Waals surface area contributed by atoms with Crippen LogP contribution in [0, 0.1) is 0 Å². The molecule has 3 nitrogen and oxygen atoms in total. The molecule has 2 rings (SSSR count). The molecule has 0 amide bonds. The summed E-state index contributed by atoms with van der Waals surface area (Å²) in [5.74, 6) is 0. The summed E-state index contributed by atoms with van der Waals surface area (Å²) in [5, 5.41) is 2.96. The van der Waals surface area contributed by atoms with Gasteiger partial charge in [0.25, 0.3) is 0 Å². The van der Waals surface area contributed by atoms with Crippen molar-refractivity contribution in [2.75, 3.05) is 31.2 Å². The maximum atomic E-state index is 12.9. The third-order valence-corrected chi connectivity index (χ3v) is 3.10. The topological polar surface area (TPSA) is 41.3 Å². The molecule has 0 saturated carbocycles. The molecule has 1 heterocycles. The Labute approximate surface area is 104 Å². The Hall–Kier alpha value is -1.43. The molecule has 0 aliphatic carbocycles. The number of hydrogen-bond acceptors (Lipinski definition) is 3. The van der Waals surface area contributed by atoms with E-state index in [1.807, 2.05) is 7.05 Å². The van der Waals surface area contributed by atoms with Gasteiger partial charge < -0.3 is 16.0 Å². The Morgan fingerprint density at radius 1 is 1.39 bits per heavy atom. The van der Waals surface area contributed by atoms with Gasteiger partial charge in [-0.15, -0.1) is 0 Å². The lowest BCUT2D eigenvalue weighted by molar-refractivity contribution is -0.136. The number of nitrogens with zero attached hydrogens (tertiary/aromatic N) is 1. The van der Waals surface area contributed by atoms with Crippen molar-refractivity contribution < 1.29 is 13.2 Å². The highest BCUT2D eigenvalue weighted by Gasteiger charge is 2.34. The Bertz CT molecular complexity index is 431. The summed E-state index contributed by atoms with van der Waals surface area (Å²) in [5.41, 5.74) is 4.95. The minimum Gasteiger partial charge on any atom is -0.399 e. The molecular weight excluding hydrogens is 243 g/mol. The molecule has 1 aromatic carbocycles. The van der Waals surface area contributed by atoms with E-state index >= 15 is 0 Å². The molecule has 0 spiro atoms. The molecule has 6 heteroatoms. The van der Waals surface area contributed by atoms with Crippen LogP contribution in [-0.4, -0.2) is 31.1 Å². The standard InChI is InChI=1S/C12H16F3N3/c1-18-5-4-9(7-18)17-11-3-2-8(16)6-10(11)12(13,14)15/h2-3,6,9,17H,4-5,7,16H2,1H3. The van der Waals surface area contributed by atoms with Crippen LogP contribution < -0.4 is 11.1 Å². The summed E-state index contributed by atoms with van der Waals surface area (Å²) in [7, 11) is 1.95. The summed E-state index contributed by atoms with van der Waals surface area (Å²) in [6.45, 7) is 1.65. The third kappa shape index (κ3) is 2.87. The van der Waals surface area contributed by atoms with Crippen molar-refractivity contribution in [3.05, 3.63) is 23.8 Å². The Balaban J connectivity index is 2.22. The second-order valence-electron chi connectivity index (χ2n) is 4.69. The van der Waals surface area contributed by atoms with Gasteiger partial charge in [0.15, 0.2) is 0 Å². The van der Waals surface area contributed by atoms with E-state index in [4.69, 9.17) is 5.73 Å². The largest absolute Gasteiger partial charge is 0.418 e. The van der Waals surface area contributed by atoms with Gasteiger partial charge in [-0.25, -0.2) is 0 Å². The van der Waals surface area contributed by atoms with Crippen LogP contribution in [0.5, 0.6) is 0 Å². The number of halogens is 3. The van der Waals surface area contributed by atoms with Crippen LogP contribution in [0.25, 0.3) is 0 Å². The summed E-state index contributed by atoms with van der Waals surface area (Å²) < 4.78 is 38.6. The number of rotatable bonds is 2. The lowest BCUT2D eigenvalue weighted by Crippen LogP contribution is -2.25. The molecule has 1 fully saturated rings. The summed E-state index contributed by atoms with van der Waals surface area (Å²) >= 11 is 0. The Kier molecular flexibility index (Phi) is 3.38. The van der Waals surface area contributed by atoms with Crippen molar-refractivity contribution in [3.63, 3.8) is 0 Å². The molecular formula is C12H16F3N3. The first-order valence-corrected chi connectivity index (χ1v) is 5.78. The number of likely N-dealkylation sites (tertiary alicyclic amines) is 1. The Morgan fingerprint density at radius 2 is 2.11 bits per heavy atom. The first-order valence-electron chi connectivity index (χ1n) is 5.78. The number of alkyl halides is 3. The van der Waals surface area contributed by atoms with Crippen LogP contribution in [0.4, 0.5) is 24.5 Å². The van der Waals surface area contributed by atoms with Gasteiger partial charge in [-0.1, -0.05) is 0 Å². The lowest BCUT2D eigenvalue weighted by atomic mass is 10.1. The van der Waals surface area contributed by atoms with Crippen LogP contribution >= 0.6 is 0 Å². The zero-order valence-electron chi connectivity index (χ0n) is 10.1. The van der Waals surface area contributed by atoms with Crippen LogP contribution in [0.1, 0.15) is 12.0 Å². The minimum absolute atomic E-state index is 0.0553. The van der Waals surface area contributed by atoms with E-state index in [0.29, 0.717) is 0 Å². The zero-order chi connectivity index (χ0) is 13.3. The highest BCUT2D eigenvalue weighted by Crippen LogP contribution is 2.36. The fourth-order valence-corrected chi connectivity index (χ4v) is 2.20. The van der Waals surface area contributed by atoms with Gasteiger partial charge in [-0.2, -0.15) is 13.2 Å². The number of hydrogen-bond donors (Lipinski definition) is 2. The van der Waals surface area contributed by atoms with Crippen molar-refractivity contribution >= 4 is 11.4 Å². The number of nitrogens with two attached hydrogens (primary N) is 1. The van der Waals surface area contributed by atoms with E-state index in [1.54, 1.807) is 0 Å². The second-order valence-corrected chi connectivity index (χ2v) is 4.69. The average Bonchev–Trinajstić information content (AvgIpc) is 2.65. The smallest absolute Gasteiger partial charge is 0.399 e. The van der Waals surface area contributed by atoms with Gasteiger partial charge >= 0.3 is 6.18 Å². The number of nitrogen functional groups attached to an aromatic ring is 1. The maximum Gasteiger partial charge on any atom is 0.418 e. The zero-order valence-corrected chi connectivity index (χ0v) is 10.1. The van der Waals surface area contributed by atoms with E-state index in [0.717, 1.165) is 25.6 Å². The molecule has 1 saturated heterocycles. The summed E-state index contributed by atoms with van der Waals surface area (Å²) in [6.07, 6.45) is -3.54. The normalized spacial score (nSPS) is 21.2. The van der Waals surface area contributed by atoms with Gasteiger partial charge in [0.2, 0.25) is 0 Å². The van der Waals surface area contributed by atoms with Crippen LogP contribution in [0.15, 0.2) is 18.2 Å². The van der Waals surface area contributed by atoms with Gasteiger partial charge in [-0.05, 0) is 38.2 Å². The van der Waals surface area contributed by atoms with Crippen molar-refractivity contribution in [2.45, 2.75) is 18.6 Å². The van der Waals surface area contributed by atoms with Gasteiger partial charge in [0, 0.05) is 24.0 Å². The molecule has 100 valence electrons. The second kappa shape index (κ2) is 4.68. The van der Waals surface area contributed by atoms with Gasteiger partial charge in [0.1, 0.15) is 0 Å². The molecule has 1 aromatic rings. The van der Waals surface area contributed by atoms with Crippen LogP contribution in [0.2, 0.25) is 0 Å². The molecule has 0 aromatic heterocycles. The SMILES string of the molecule is CN1CCC(Nc2ccc(N)cc2C(F)(F)F)C1. The quantitative estimate of drug-likeness (QED) is 0.801. The minimum atomic E-state index is -4.39. The van der Waals surface area contributed by atoms with Gasteiger partial charge in [-0.3, -0.25) is 0 Å². The van der Waals surface area contributed by atoms with E-state index in [-0.39, 0.29) is 17.4 Å². The van der Waals surface area contributed by atoms with Crippen molar-refractivity contribution in [1.29, 1.82) is 0 Å². The number of likely N-dealkylation sites (N-methyl/N-ethyl adjacent to an activating group) is 1. The molecule has 1 atom stereocenters. The third-order valence-electron chi connectivity index (χ3n) is 3.10. The molecule has 1 aliphatic rings. The highest BCUT2D eigenvalue weighted by molar-refractivity contribution is 5.59. The Morgan fingerprint density at radius 3 is 2.67 bits per heavy atom. The monoisotopic (exact) mass is 259 g/mol. The first kappa shape index (κ1) is 13.0. The fourth-order valence-electron chi connectivity index (χ4n) is 2.20. The number of benzene rings is 1. The summed E-state index contributed by atoms with van der Waals surface area (Å²) in [4.78, 5) is 2.09. The van der Waals surface area contributed by atoms with Crippen molar-refractivity contribution in [1.82, 2.24) is 4.90 Å². The molecule has 0 bridgehead atoms. The predicted molar refractivity (Wildman–Crippen MR) is 65.4 cm³/mol. The molecule has 3 N–H and O–H groups in total. The maximum absolute atomic E-state index is 12.9. The molecule has 1 unspecified atom stereocenters.